The fourth-order valence-corrected chi connectivity index (χ4v) is 4.14. The molecule has 3 N–H and O–H groups in total. The van der Waals surface area contributed by atoms with Crippen LogP contribution in [-0.2, 0) is 0 Å². The third kappa shape index (κ3) is 4.90. The second kappa shape index (κ2) is 9.13. The molecule has 0 radical (unpaired) electrons. The third-order valence-electron chi connectivity index (χ3n) is 4.04. The molecule has 2 heterocycles. The summed E-state index contributed by atoms with van der Waals surface area (Å²) in [4.78, 5) is 24.0. The minimum absolute atomic E-state index is 0.0953. The van der Waals surface area contributed by atoms with Gasteiger partial charge in [-0.25, -0.2) is 9.97 Å². The Hall–Kier alpha value is -2.13. The molecule has 10 heteroatoms. The van der Waals surface area contributed by atoms with E-state index in [0.717, 1.165) is 6.54 Å². The molecule has 0 bridgehead atoms. The number of benzene rings is 1. The summed E-state index contributed by atoms with van der Waals surface area (Å²) < 4.78 is 5.81. The number of amides is 1. The van der Waals surface area contributed by atoms with E-state index in [1.807, 2.05) is 25.9 Å². The number of ether oxygens (including phenoxy) is 1. The lowest BCUT2D eigenvalue weighted by Crippen LogP contribution is -2.21. The molecule has 0 unspecified atom stereocenters. The molecule has 0 aliphatic heterocycles. The summed E-state index contributed by atoms with van der Waals surface area (Å²) in [5.41, 5.74) is 7.05. The number of carbonyl (C=O) groups excluding carboxylic acids is 1. The molecule has 7 nitrogen and oxygen atoms in total. The van der Waals surface area contributed by atoms with Crippen molar-refractivity contribution in [3.63, 3.8) is 0 Å². The summed E-state index contributed by atoms with van der Waals surface area (Å²) in [6.07, 6.45) is 0. The van der Waals surface area contributed by atoms with E-state index in [1.165, 1.54) is 11.3 Å². The van der Waals surface area contributed by atoms with Crippen molar-refractivity contribution in [2.75, 3.05) is 39.5 Å². The van der Waals surface area contributed by atoms with E-state index in [9.17, 15) is 4.79 Å². The number of fused-ring (bicyclic) bond motifs is 1. The molecule has 3 rings (SSSR count). The normalized spacial score (nSPS) is 11.2. The first-order valence-corrected chi connectivity index (χ1v) is 10.5. The van der Waals surface area contributed by atoms with Crippen LogP contribution in [0.2, 0.25) is 10.0 Å². The van der Waals surface area contributed by atoms with Crippen LogP contribution in [0.4, 0.5) is 5.95 Å². The van der Waals surface area contributed by atoms with Gasteiger partial charge in [0.25, 0.3) is 5.91 Å². The highest BCUT2D eigenvalue weighted by Gasteiger charge is 2.19. The first-order valence-electron chi connectivity index (χ1n) is 8.92. The number of rotatable bonds is 7. The minimum atomic E-state index is -0.171. The van der Waals surface area contributed by atoms with E-state index in [1.54, 1.807) is 18.2 Å². The summed E-state index contributed by atoms with van der Waals surface area (Å²) in [6, 6.07) is 5.10. The van der Waals surface area contributed by atoms with Crippen molar-refractivity contribution in [1.29, 1.82) is 0 Å². The molecule has 2 aromatic heterocycles. The van der Waals surface area contributed by atoms with Gasteiger partial charge in [-0.3, -0.25) is 4.79 Å². The van der Waals surface area contributed by atoms with Crippen LogP contribution in [0.25, 0.3) is 21.5 Å². The van der Waals surface area contributed by atoms with Crippen molar-refractivity contribution in [3.8, 4) is 17.0 Å². The first kappa shape index (κ1) is 21.6. The molecule has 0 spiro atoms. The van der Waals surface area contributed by atoms with Crippen molar-refractivity contribution in [2.24, 2.45) is 0 Å². The largest absolute Gasteiger partial charge is 0.491 e. The summed E-state index contributed by atoms with van der Waals surface area (Å²) >= 11 is 14.0. The Morgan fingerprint density at radius 1 is 1.24 bits per heavy atom. The summed E-state index contributed by atoms with van der Waals surface area (Å²) in [7, 11) is 3.92. The van der Waals surface area contributed by atoms with Gasteiger partial charge in [0.15, 0.2) is 0 Å². The maximum Gasteiger partial charge on any atom is 0.261 e. The minimum Gasteiger partial charge on any atom is -0.491 e. The van der Waals surface area contributed by atoms with Crippen molar-refractivity contribution in [1.82, 2.24) is 20.2 Å². The van der Waals surface area contributed by atoms with Crippen molar-refractivity contribution in [3.05, 3.63) is 33.1 Å². The van der Waals surface area contributed by atoms with Gasteiger partial charge in [-0.05, 0) is 39.2 Å². The number of hydrogen-bond acceptors (Lipinski definition) is 7. The average Bonchev–Trinajstić information content (AvgIpc) is 3.07. The smallest absolute Gasteiger partial charge is 0.261 e. The lowest BCUT2D eigenvalue weighted by Gasteiger charge is -2.14. The molecular weight excluding hydrogens is 433 g/mol. The van der Waals surface area contributed by atoms with Gasteiger partial charge in [-0.1, -0.05) is 23.2 Å². The Morgan fingerprint density at radius 3 is 2.69 bits per heavy atom. The Labute approximate surface area is 182 Å². The molecule has 0 aliphatic carbocycles. The number of nitrogens with zero attached hydrogens (tertiary/aromatic N) is 3. The number of hydrogen-bond donors (Lipinski definition) is 2. The zero-order valence-electron chi connectivity index (χ0n) is 16.3. The quantitative estimate of drug-likeness (QED) is 0.562. The molecule has 0 saturated heterocycles. The molecule has 29 heavy (non-hydrogen) atoms. The highest BCUT2D eigenvalue weighted by molar-refractivity contribution is 7.20. The number of anilines is 1. The Bertz CT molecular complexity index is 1050. The van der Waals surface area contributed by atoms with Crippen molar-refractivity contribution in [2.45, 2.75) is 6.92 Å². The highest BCUT2D eigenvalue weighted by Crippen LogP contribution is 2.40. The second-order valence-corrected chi connectivity index (χ2v) is 8.38. The van der Waals surface area contributed by atoms with E-state index in [0.29, 0.717) is 55.3 Å². The van der Waals surface area contributed by atoms with Gasteiger partial charge < -0.3 is 20.7 Å². The number of halogens is 2. The molecule has 1 amide bonds. The molecular formula is C19H21Cl2N5O2S. The summed E-state index contributed by atoms with van der Waals surface area (Å²) in [6.45, 7) is 3.60. The maximum atomic E-state index is 12.2. The molecule has 0 atom stereocenters. The van der Waals surface area contributed by atoms with Gasteiger partial charge in [0.1, 0.15) is 17.2 Å². The highest BCUT2D eigenvalue weighted by atomic mass is 35.5. The Morgan fingerprint density at radius 2 is 2.00 bits per heavy atom. The van der Waals surface area contributed by atoms with Gasteiger partial charge in [-0.2, -0.15) is 0 Å². The Kier molecular flexibility index (Phi) is 6.79. The number of likely N-dealkylation sites (N-methyl/N-ethyl adjacent to an activating group) is 1. The van der Waals surface area contributed by atoms with E-state index >= 15 is 0 Å². The molecule has 0 saturated carbocycles. The van der Waals surface area contributed by atoms with Gasteiger partial charge in [0, 0.05) is 24.0 Å². The van der Waals surface area contributed by atoms with Gasteiger partial charge in [0.2, 0.25) is 5.95 Å². The fraction of sp³-hybridized carbons (Fsp3) is 0.316. The summed E-state index contributed by atoms with van der Waals surface area (Å²) in [5.74, 6) is 0.422. The van der Waals surface area contributed by atoms with E-state index in [4.69, 9.17) is 33.7 Å². The zero-order chi connectivity index (χ0) is 21.1. The van der Waals surface area contributed by atoms with Crippen LogP contribution >= 0.6 is 34.5 Å². The summed E-state index contributed by atoms with van der Waals surface area (Å²) in [5, 5.41) is 4.28. The van der Waals surface area contributed by atoms with Crippen LogP contribution in [0.3, 0.4) is 0 Å². The average molecular weight is 454 g/mol. The number of nitrogens with two attached hydrogens (primary N) is 1. The van der Waals surface area contributed by atoms with Crippen LogP contribution in [0.5, 0.6) is 5.75 Å². The number of aromatic nitrogens is 2. The maximum absolute atomic E-state index is 12.2. The van der Waals surface area contributed by atoms with Crippen LogP contribution in [-0.4, -0.2) is 54.6 Å². The number of nitrogen functional groups attached to an aromatic ring is 1. The topological polar surface area (TPSA) is 93.4 Å². The van der Waals surface area contributed by atoms with E-state index in [-0.39, 0.29) is 11.9 Å². The second-order valence-electron chi connectivity index (χ2n) is 6.53. The third-order valence-corrected chi connectivity index (χ3v) is 5.68. The molecule has 154 valence electrons. The number of nitrogens with one attached hydrogen (secondary N) is 1. The molecule has 3 aromatic rings. The van der Waals surface area contributed by atoms with Crippen LogP contribution in [0.15, 0.2) is 18.2 Å². The zero-order valence-corrected chi connectivity index (χ0v) is 18.6. The van der Waals surface area contributed by atoms with Crippen molar-refractivity contribution >= 4 is 56.6 Å². The lowest BCUT2D eigenvalue weighted by atomic mass is 10.1. The monoisotopic (exact) mass is 453 g/mol. The molecule has 0 aliphatic rings. The van der Waals surface area contributed by atoms with Gasteiger partial charge >= 0.3 is 0 Å². The van der Waals surface area contributed by atoms with Crippen LogP contribution in [0.1, 0.15) is 16.6 Å². The Balaban J connectivity index is 2.08. The fourth-order valence-electron chi connectivity index (χ4n) is 2.66. The molecule has 0 fully saturated rings. The van der Waals surface area contributed by atoms with Crippen LogP contribution < -0.4 is 15.8 Å². The van der Waals surface area contributed by atoms with Gasteiger partial charge in [-0.15, -0.1) is 11.3 Å². The lowest BCUT2D eigenvalue weighted by molar-refractivity contribution is 0.0960. The van der Waals surface area contributed by atoms with Gasteiger partial charge in [0.05, 0.1) is 20.6 Å². The predicted molar refractivity (Wildman–Crippen MR) is 119 cm³/mol. The van der Waals surface area contributed by atoms with E-state index in [2.05, 4.69) is 15.3 Å². The predicted octanol–water partition coefficient (Wildman–Crippen LogP) is 3.94. The SMILES string of the molecule is CCNC(=O)c1cc2c(-c3cc(OCCN(C)C)c(Cl)cc3Cl)nc(N)nc2s1. The van der Waals surface area contributed by atoms with Crippen LogP contribution in [0, 0.1) is 0 Å². The van der Waals surface area contributed by atoms with Crippen molar-refractivity contribution < 1.29 is 9.53 Å². The van der Waals surface area contributed by atoms with E-state index < -0.39 is 0 Å². The molecule has 1 aromatic carbocycles. The number of thiophene rings is 1. The number of carbonyl (C=O) groups is 1. The first-order chi connectivity index (χ1) is 13.8. The standard InChI is InChI=1S/C19H21Cl2N5O2S/c1-4-23-17(27)15-8-11-16(24-19(22)25-18(11)29-15)10-7-14(13(21)9-12(10)20)28-6-5-26(2)3/h7-9H,4-6H2,1-3H3,(H,23,27)(H2,22,24,25).